The lowest BCUT2D eigenvalue weighted by Crippen LogP contribution is -1.87. The minimum atomic E-state index is 0.771. The molecule has 26 heavy (non-hydrogen) atoms. The summed E-state index contributed by atoms with van der Waals surface area (Å²) in [7, 11) is 0. The summed E-state index contributed by atoms with van der Waals surface area (Å²) < 4.78 is 2.06. The smallest absolute Gasteiger partial charge is 0.231 e. The molecule has 5 nitrogen and oxygen atoms in total. The first-order valence-corrected chi connectivity index (χ1v) is 10.1. The zero-order valence-electron chi connectivity index (χ0n) is 14.0. The number of hydrogen-bond donors (Lipinski definition) is 1. The molecular formula is C19H15N5S2. The van der Waals surface area contributed by atoms with Crippen molar-refractivity contribution in [3.05, 3.63) is 65.2 Å². The van der Waals surface area contributed by atoms with Crippen LogP contribution in [0.5, 0.6) is 0 Å². The minimum absolute atomic E-state index is 0.771. The predicted octanol–water partition coefficient (Wildman–Crippen LogP) is 4.93. The SMILES string of the molecule is Cc1ccc(-c2nc(CSc3n[nH]c4nc5ccccc5n34)cs2)cc1. The van der Waals surface area contributed by atoms with Gasteiger partial charge in [-0.05, 0) is 19.1 Å². The number of fused-ring (bicyclic) bond motifs is 3. The highest BCUT2D eigenvalue weighted by atomic mass is 32.2. The van der Waals surface area contributed by atoms with E-state index < -0.39 is 0 Å². The lowest BCUT2D eigenvalue weighted by Gasteiger charge is -1.98. The Hall–Kier alpha value is -2.64. The van der Waals surface area contributed by atoms with Crippen molar-refractivity contribution < 1.29 is 0 Å². The normalized spacial score (nSPS) is 11.6. The van der Waals surface area contributed by atoms with Crippen molar-refractivity contribution in [2.75, 3.05) is 0 Å². The van der Waals surface area contributed by atoms with Crippen LogP contribution in [0.2, 0.25) is 0 Å². The molecule has 7 heteroatoms. The van der Waals surface area contributed by atoms with E-state index in [0.29, 0.717) is 0 Å². The average Bonchev–Trinajstić information content (AvgIpc) is 3.36. The third-order valence-electron chi connectivity index (χ3n) is 4.20. The van der Waals surface area contributed by atoms with Crippen LogP contribution in [-0.4, -0.2) is 24.6 Å². The van der Waals surface area contributed by atoms with Crippen LogP contribution in [0.15, 0.2) is 59.1 Å². The molecule has 0 radical (unpaired) electrons. The van der Waals surface area contributed by atoms with E-state index in [1.807, 2.05) is 18.2 Å². The molecule has 3 heterocycles. The lowest BCUT2D eigenvalue weighted by molar-refractivity contribution is 0.939. The first-order valence-electron chi connectivity index (χ1n) is 8.24. The Kier molecular flexibility index (Phi) is 3.76. The number of thioether (sulfide) groups is 1. The van der Waals surface area contributed by atoms with Crippen LogP contribution in [0, 0.1) is 6.92 Å². The molecule has 0 unspecified atom stereocenters. The number of benzene rings is 2. The molecule has 5 aromatic rings. The van der Waals surface area contributed by atoms with Crippen LogP contribution < -0.4 is 0 Å². The van der Waals surface area contributed by atoms with Gasteiger partial charge in [-0.2, -0.15) is 0 Å². The zero-order chi connectivity index (χ0) is 17.5. The summed E-state index contributed by atoms with van der Waals surface area (Å²) in [4.78, 5) is 9.33. The van der Waals surface area contributed by atoms with Gasteiger partial charge in [0.25, 0.3) is 0 Å². The maximum atomic E-state index is 4.77. The van der Waals surface area contributed by atoms with E-state index in [4.69, 9.17) is 4.98 Å². The Balaban J connectivity index is 1.40. The highest BCUT2D eigenvalue weighted by Crippen LogP contribution is 2.29. The van der Waals surface area contributed by atoms with Crippen molar-refractivity contribution in [3.63, 3.8) is 0 Å². The van der Waals surface area contributed by atoms with E-state index in [1.165, 1.54) is 11.1 Å². The summed E-state index contributed by atoms with van der Waals surface area (Å²) in [5.74, 6) is 1.54. The van der Waals surface area contributed by atoms with Gasteiger partial charge in [-0.3, -0.25) is 4.40 Å². The van der Waals surface area contributed by atoms with Gasteiger partial charge in [0.1, 0.15) is 5.01 Å². The van der Waals surface area contributed by atoms with E-state index in [0.717, 1.165) is 38.4 Å². The molecule has 0 amide bonds. The molecule has 0 saturated carbocycles. The maximum absolute atomic E-state index is 4.77. The first-order chi connectivity index (χ1) is 12.8. The Morgan fingerprint density at radius 3 is 2.81 bits per heavy atom. The van der Waals surface area contributed by atoms with E-state index in [9.17, 15) is 0 Å². The largest absolute Gasteiger partial charge is 0.254 e. The van der Waals surface area contributed by atoms with Crippen LogP contribution in [0.1, 0.15) is 11.3 Å². The fourth-order valence-corrected chi connectivity index (χ4v) is 4.66. The van der Waals surface area contributed by atoms with Gasteiger partial charge in [-0.1, -0.05) is 53.7 Å². The molecule has 2 aromatic carbocycles. The molecule has 0 aliphatic rings. The number of aromatic nitrogens is 5. The van der Waals surface area contributed by atoms with Gasteiger partial charge in [-0.25, -0.2) is 15.1 Å². The minimum Gasteiger partial charge on any atom is -0.254 e. The van der Waals surface area contributed by atoms with Gasteiger partial charge in [0.2, 0.25) is 5.78 Å². The Morgan fingerprint density at radius 2 is 1.92 bits per heavy atom. The molecule has 3 aromatic heterocycles. The summed E-state index contributed by atoms with van der Waals surface area (Å²) in [6, 6.07) is 16.6. The number of imidazole rings is 1. The van der Waals surface area contributed by atoms with Crippen molar-refractivity contribution in [2.24, 2.45) is 0 Å². The molecule has 0 atom stereocenters. The number of nitrogens with one attached hydrogen (secondary N) is 1. The molecule has 0 saturated heterocycles. The van der Waals surface area contributed by atoms with Gasteiger partial charge in [0.15, 0.2) is 5.16 Å². The van der Waals surface area contributed by atoms with Crippen molar-refractivity contribution in [3.8, 4) is 10.6 Å². The monoisotopic (exact) mass is 377 g/mol. The molecule has 0 spiro atoms. The first kappa shape index (κ1) is 15.6. The van der Waals surface area contributed by atoms with Gasteiger partial charge < -0.3 is 0 Å². The number of hydrogen-bond acceptors (Lipinski definition) is 5. The topological polar surface area (TPSA) is 58.9 Å². The number of thiazole rings is 1. The third kappa shape index (κ3) is 2.69. The highest BCUT2D eigenvalue weighted by Gasteiger charge is 2.13. The molecule has 0 bridgehead atoms. The number of nitrogens with zero attached hydrogens (tertiary/aromatic N) is 4. The average molecular weight is 377 g/mol. The van der Waals surface area contributed by atoms with Crippen molar-refractivity contribution in [2.45, 2.75) is 17.8 Å². The van der Waals surface area contributed by atoms with Crippen molar-refractivity contribution in [1.82, 2.24) is 24.6 Å². The Bertz CT molecular complexity index is 1200. The van der Waals surface area contributed by atoms with Gasteiger partial charge in [0.05, 0.1) is 16.7 Å². The van der Waals surface area contributed by atoms with Crippen LogP contribution in [-0.2, 0) is 5.75 Å². The molecule has 0 fully saturated rings. The zero-order valence-corrected chi connectivity index (χ0v) is 15.6. The number of para-hydroxylation sites is 2. The second-order valence-corrected chi connectivity index (χ2v) is 7.87. The fraction of sp³-hybridized carbons (Fsp3) is 0.105. The highest BCUT2D eigenvalue weighted by molar-refractivity contribution is 7.98. The van der Waals surface area contributed by atoms with Crippen LogP contribution in [0.4, 0.5) is 0 Å². The molecule has 0 aliphatic heterocycles. The predicted molar refractivity (Wildman–Crippen MR) is 107 cm³/mol. The van der Waals surface area contributed by atoms with E-state index in [-0.39, 0.29) is 0 Å². The number of H-pyrrole nitrogens is 1. The third-order valence-corrected chi connectivity index (χ3v) is 6.12. The Morgan fingerprint density at radius 1 is 1.08 bits per heavy atom. The van der Waals surface area contributed by atoms with Crippen LogP contribution in [0.25, 0.3) is 27.4 Å². The fourth-order valence-electron chi connectivity index (χ4n) is 2.88. The summed E-state index contributed by atoms with van der Waals surface area (Å²) in [5, 5.41) is 11.5. The lowest BCUT2D eigenvalue weighted by atomic mass is 10.2. The summed E-state index contributed by atoms with van der Waals surface area (Å²) >= 11 is 3.35. The quantitative estimate of drug-likeness (QED) is 0.451. The molecule has 5 rings (SSSR count). The van der Waals surface area contributed by atoms with E-state index >= 15 is 0 Å². The number of aromatic amines is 1. The second-order valence-electron chi connectivity index (χ2n) is 6.06. The maximum Gasteiger partial charge on any atom is 0.231 e. The van der Waals surface area contributed by atoms with E-state index in [2.05, 4.69) is 62.2 Å². The molecule has 128 valence electrons. The standard InChI is InChI=1S/C19H15N5S2/c1-12-6-8-13(9-7-12)17-20-14(10-25-17)11-26-19-23-22-18-21-15-4-2-3-5-16(15)24(18)19/h2-10H,11H2,1H3,(H,21,22). The van der Waals surface area contributed by atoms with Gasteiger partial charge >= 0.3 is 0 Å². The molecule has 0 aliphatic carbocycles. The summed E-state index contributed by atoms with van der Waals surface area (Å²) in [6.45, 7) is 2.10. The molecular weight excluding hydrogens is 362 g/mol. The molecule has 1 N–H and O–H groups in total. The van der Waals surface area contributed by atoms with E-state index in [1.54, 1.807) is 23.1 Å². The van der Waals surface area contributed by atoms with Crippen molar-refractivity contribution in [1.29, 1.82) is 0 Å². The van der Waals surface area contributed by atoms with Crippen LogP contribution >= 0.6 is 23.1 Å². The van der Waals surface area contributed by atoms with Crippen molar-refractivity contribution >= 4 is 39.9 Å². The Labute approximate surface area is 158 Å². The van der Waals surface area contributed by atoms with Gasteiger partial charge in [0, 0.05) is 16.7 Å². The number of rotatable bonds is 4. The summed E-state index contributed by atoms with van der Waals surface area (Å²) in [6.07, 6.45) is 0. The van der Waals surface area contributed by atoms with Gasteiger partial charge in [-0.15, -0.1) is 16.4 Å². The number of aryl methyl sites for hydroxylation is 1. The van der Waals surface area contributed by atoms with Crippen LogP contribution in [0.3, 0.4) is 0 Å². The summed E-state index contributed by atoms with van der Waals surface area (Å²) in [5.41, 5.74) is 5.53. The second kappa shape index (κ2) is 6.26.